The molecule has 0 bridgehead atoms. The van der Waals surface area contributed by atoms with Crippen LogP contribution in [-0.4, -0.2) is 22.5 Å². The van der Waals surface area contributed by atoms with Crippen LogP contribution in [0.15, 0.2) is 66.4 Å². The van der Waals surface area contributed by atoms with Crippen molar-refractivity contribution in [3.63, 3.8) is 0 Å². The lowest BCUT2D eigenvalue weighted by Gasteiger charge is -2.33. The van der Waals surface area contributed by atoms with Crippen LogP contribution in [0.1, 0.15) is 25.1 Å². The zero-order valence-corrected chi connectivity index (χ0v) is 16.4. The van der Waals surface area contributed by atoms with Gasteiger partial charge in [-0.2, -0.15) is 5.10 Å². The van der Waals surface area contributed by atoms with Gasteiger partial charge in [0.25, 0.3) is 0 Å². The lowest BCUT2D eigenvalue weighted by Crippen LogP contribution is -2.32. The van der Waals surface area contributed by atoms with Crippen LogP contribution in [0.3, 0.4) is 0 Å². The minimum atomic E-state index is -0.474. The Bertz CT molecular complexity index is 1060. The molecular formula is C23H22FN3O2. The number of benzene rings is 2. The maximum Gasteiger partial charge on any atom is 0.411 e. The largest absolute Gasteiger partial charge is 0.448 e. The molecule has 0 saturated carbocycles. The molecule has 148 valence electrons. The SMILES string of the molecule is CC1=Cc2c(cnn2-c2ccc(F)cc2)C[C@]1(C)COC(=O)Nc1ccccc1. The van der Waals surface area contributed by atoms with Crippen LogP contribution >= 0.6 is 0 Å². The highest BCUT2D eigenvalue weighted by atomic mass is 19.1. The molecule has 1 aliphatic carbocycles. The van der Waals surface area contributed by atoms with Crippen LogP contribution < -0.4 is 5.32 Å². The van der Waals surface area contributed by atoms with Crippen molar-refractivity contribution in [2.45, 2.75) is 20.3 Å². The molecule has 1 heterocycles. The fourth-order valence-electron chi connectivity index (χ4n) is 3.47. The monoisotopic (exact) mass is 391 g/mol. The van der Waals surface area contributed by atoms with E-state index in [2.05, 4.69) is 23.4 Å². The lowest BCUT2D eigenvalue weighted by atomic mass is 9.74. The van der Waals surface area contributed by atoms with Crippen molar-refractivity contribution < 1.29 is 13.9 Å². The number of nitrogens with zero attached hydrogens (tertiary/aromatic N) is 2. The third-order valence-electron chi connectivity index (χ3n) is 5.39. The Balaban J connectivity index is 1.48. The van der Waals surface area contributed by atoms with Crippen molar-refractivity contribution in [2.24, 2.45) is 5.41 Å². The molecule has 0 unspecified atom stereocenters. The first-order chi connectivity index (χ1) is 13.9. The number of para-hydroxylation sites is 1. The number of anilines is 1. The van der Waals surface area contributed by atoms with E-state index in [1.54, 1.807) is 16.8 Å². The summed E-state index contributed by atoms with van der Waals surface area (Å²) >= 11 is 0. The van der Waals surface area contributed by atoms with E-state index < -0.39 is 6.09 Å². The van der Waals surface area contributed by atoms with Gasteiger partial charge in [0, 0.05) is 11.1 Å². The smallest absolute Gasteiger partial charge is 0.411 e. The highest BCUT2D eigenvalue weighted by Crippen LogP contribution is 2.39. The predicted octanol–water partition coefficient (Wildman–Crippen LogP) is 5.23. The van der Waals surface area contributed by atoms with Gasteiger partial charge >= 0.3 is 6.09 Å². The number of amides is 1. The molecule has 1 atom stereocenters. The van der Waals surface area contributed by atoms with Gasteiger partial charge in [-0.05, 0) is 61.4 Å². The molecule has 1 N–H and O–H groups in total. The van der Waals surface area contributed by atoms with Gasteiger partial charge in [-0.3, -0.25) is 5.32 Å². The van der Waals surface area contributed by atoms with Crippen molar-refractivity contribution in [3.05, 3.63) is 83.4 Å². The van der Waals surface area contributed by atoms with Crippen molar-refractivity contribution in [2.75, 3.05) is 11.9 Å². The van der Waals surface area contributed by atoms with E-state index in [0.29, 0.717) is 12.1 Å². The Morgan fingerprint density at radius 1 is 1.21 bits per heavy atom. The number of rotatable bonds is 4. The topological polar surface area (TPSA) is 56.2 Å². The summed E-state index contributed by atoms with van der Waals surface area (Å²) in [6.07, 6.45) is 4.11. The number of halogens is 1. The molecule has 29 heavy (non-hydrogen) atoms. The van der Waals surface area contributed by atoms with Crippen molar-refractivity contribution in [3.8, 4) is 5.69 Å². The van der Waals surface area contributed by atoms with Gasteiger partial charge < -0.3 is 4.74 Å². The van der Waals surface area contributed by atoms with Gasteiger partial charge in [0.05, 0.1) is 17.6 Å². The van der Waals surface area contributed by atoms with Gasteiger partial charge in [0.2, 0.25) is 0 Å². The zero-order valence-electron chi connectivity index (χ0n) is 16.4. The highest BCUT2D eigenvalue weighted by Gasteiger charge is 2.34. The number of hydrogen-bond acceptors (Lipinski definition) is 3. The molecule has 0 radical (unpaired) electrons. The van der Waals surface area contributed by atoms with Crippen molar-refractivity contribution in [1.82, 2.24) is 9.78 Å². The van der Waals surface area contributed by atoms with E-state index in [1.165, 1.54) is 12.1 Å². The van der Waals surface area contributed by atoms with Gasteiger partial charge in [-0.25, -0.2) is 13.9 Å². The van der Waals surface area contributed by atoms with E-state index in [-0.39, 0.29) is 17.8 Å². The normalized spacial score (nSPS) is 18.0. The third-order valence-corrected chi connectivity index (χ3v) is 5.39. The summed E-state index contributed by atoms with van der Waals surface area (Å²) in [5, 5.41) is 7.21. The Morgan fingerprint density at radius 3 is 2.66 bits per heavy atom. The van der Waals surface area contributed by atoms with Gasteiger partial charge in [-0.15, -0.1) is 0 Å². The van der Waals surface area contributed by atoms with E-state index in [1.807, 2.05) is 43.5 Å². The molecule has 0 aliphatic heterocycles. The Labute approximate surface area is 168 Å². The zero-order chi connectivity index (χ0) is 20.4. The van der Waals surface area contributed by atoms with E-state index >= 15 is 0 Å². The molecule has 1 aromatic heterocycles. The van der Waals surface area contributed by atoms with Crippen molar-refractivity contribution >= 4 is 17.9 Å². The summed E-state index contributed by atoms with van der Waals surface area (Å²) in [6, 6.07) is 15.5. The average molecular weight is 391 g/mol. The molecule has 2 aromatic carbocycles. The summed E-state index contributed by atoms with van der Waals surface area (Å²) in [6.45, 7) is 4.37. The molecule has 6 heteroatoms. The summed E-state index contributed by atoms with van der Waals surface area (Å²) < 4.78 is 20.6. The second-order valence-electron chi connectivity index (χ2n) is 7.58. The number of aromatic nitrogens is 2. The second-order valence-corrected chi connectivity index (χ2v) is 7.58. The quantitative estimate of drug-likeness (QED) is 0.663. The number of ether oxygens (including phenoxy) is 1. The molecular weight excluding hydrogens is 369 g/mol. The maximum absolute atomic E-state index is 13.2. The Hall–Kier alpha value is -3.41. The molecule has 1 aliphatic rings. The molecule has 4 rings (SSSR count). The number of nitrogens with one attached hydrogen (secondary N) is 1. The highest BCUT2D eigenvalue weighted by molar-refractivity contribution is 5.84. The average Bonchev–Trinajstić information content (AvgIpc) is 3.10. The summed E-state index contributed by atoms with van der Waals surface area (Å²) in [4.78, 5) is 12.2. The van der Waals surface area contributed by atoms with Crippen LogP contribution in [0, 0.1) is 11.2 Å². The van der Waals surface area contributed by atoms with Crippen LogP contribution in [0.5, 0.6) is 0 Å². The first-order valence-electron chi connectivity index (χ1n) is 9.45. The van der Waals surface area contributed by atoms with E-state index in [9.17, 15) is 9.18 Å². The molecule has 1 amide bonds. The Morgan fingerprint density at radius 2 is 1.93 bits per heavy atom. The van der Waals surface area contributed by atoms with Crippen molar-refractivity contribution in [1.29, 1.82) is 0 Å². The minimum absolute atomic E-state index is 0.259. The molecule has 5 nitrogen and oxygen atoms in total. The predicted molar refractivity (Wildman–Crippen MR) is 110 cm³/mol. The number of carbonyl (C=O) groups excluding carboxylic acids is 1. The van der Waals surface area contributed by atoms with Crippen LogP contribution in [-0.2, 0) is 11.2 Å². The summed E-state index contributed by atoms with van der Waals surface area (Å²) in [5.74, 6) is -0.278. The first kappa shape index (κ1) is 18.9. The number of hydrogen-bond donors (Lipinski definition) is 1. The second kappa shape index (κ2) is 7.54. The lowest BCUT2D eigenvalue weighted by molar-refractivity contribution is 0.117. The van der Waals surface area contributed by atoms with Gasteiger partial charge in [0.15, 0.2) is 0 Å². The summed E-state index contributed by atoms with van der Waals surface area (Å²) in [5.41, 5.74) is 4.31. The maximum atomic E-state index is 13.2. The minimum Gasteiger partial charge on any atom is -0.448 e. The summed E-state index contributed by atoms with van der Waals surface area (Å²) in [7, 11) is 0. The molecule has 0 fully saturated rings. The van der Waals surface area contributed by atoms with Crippen LogP contribution in [0.2, 0.25) is 0 Å². The van der Waals surface area contributed by atoms with Gasteiger partial charge in [0.1, 0.15) is 12.4 Å². The molecule has 3 aromatic rings. The number of carbonyl (C=O) groups is 1. The third kappa shape index (κ3) is 3.92. The standard InChI is InChI=1S/C23H22FN3O2/c1-16-12-21-17(14-25-27(21)20-10-8-18(24)9-11-20)13-23(16,2)15-29-22(28)26-19-6-4-3-5-7-19/h3-12,14H,13,15H2,1-2H3,(H,26,28)/t23-/m1/s1. The number of fused-ring (bicyclic) bond motifs is 1. The molecule has 0 spiro atoms. The fraction of sp³-hybridized carbons (Fsp3) is 0.217. The fourth-order valence-corrected chi connectivity index (χ4v) is 3.47. The Kier molecular flexibility index (Phi) is 4.92. The van der Waals surface area contributed by atoms with E-state index in [4.69, 9.17) is 4.74 Å². The van der Waals surface area contributed by atoms with Gasteiger partial charge in [-0.1, -0.05) is 30.7 Å². The first-order valence-corrected chi connectivity index (χ1v) is 9.45. The van der Waals surface area contributed by atoms with Crippen LogP contribution in [0.4, 0.5) is 14.9 Å². The van der Waals surface area contributed by atoms with Crippen LogP contribution in [0.25, 0.3) is 11.8 Å². The molecule has 0 saturated heterocycles. The van der Waals surface area contributed by atoms with E-state index in [0.717, 1.165) is 22.5 Å².